The third-order valence-corrected chi connectivity index (χ3v) is 3.48. The Morgan fingerprint density at radius 1 is 1.17 bits per heavy atom. The number of carbonyl (C=O) groups is 2. The Labute approximate surface area is 147 Å². The number of nitrogens with one attached hydrogen (secondary N) is 1. The van der Waals surface area contributed by atoms with Crippen molar-refractivity contribution in [2.75, 3.05) is 19.0 Å². The first-order valence-electron chi connectivity index (χ1n) is 6.66. The van der Waals surface area contributed by atoms with Crippen LogP contribution in [0.2, 0.25) is 10.0 Å². The molecule has 1 amide bonds. The highest BCUT2D eigenvalue weighted by Crippen LogP contribution is 2.25. The molecule has 126 valence electrons. The molecule has 0 heterocycles. The van der Waals surface area contributed by atoms with Gasteiger partial charge in [0.2, 0.25) is 0 Å². The van der Waals surface area contributed by atoms with Crippen molar-refractivity contribution in [2.24, 2.45) is 0 Å². The molecule has 0 spiro atoms. The zero-order chi connectivity index (χ0) is 17.7. The minimum atomic E-state index is -0.965. The number of carbonyl (C=O) groups excluding carboxylic acids is 2. The molecule has 2 aromatic rings. The van der Waals surface area contributed by atoms with Crippen LogP contribution in [0, 0.1) is 5.82 Å². The topological polar surface area (TPSA) is 64.6 Å². The van der Waals surface area contributed by atoms with Crippen LogP contribution in [0.15, 0.2) is 36.4 Å². The lowest BCUT2D eigenvalue weighted by atomic mass is 10.2. The van der Waals surface area contributed by atoms with E-state index < -0.39 is 24.3 Å². The van der Waals surface area contributed by atoms with Crippen molar-refractivity contribution in [1.82, 2.24) is 0 Å². The maximum absolute atomic E-state index is 13.7. The monoisotopic (exact) mass is 371 g/mol. The Morgan fingerprint density at radius 3 is 2.54 bits per heavy atom. The second-order valence-corrected chi connectivity index (χ2v) is 5.44. The fourth-order valence-electron chi connectivity index (χ4n) is 1.77. The van der Waals surface area contributed by atoms with Crippen LogP contribution in [-0.2, 0) is 9.53 Å². The zero-order valence-electron chi connectivity index (χ0n) is 12.4. The first-order valence-corrected chi connectivity index (χ1v) is 7.42. The highest BCUT2D eigenvalue weighted by Gasteiger charge is 2.16. The summed E-state index contributed by atoms with van der Waals surface area (Å²) in [6.45, 7) is -0.594. The van der Waals surface area contributed by atoms with Crippen LogP contribution < -0.4 is 10.1 Å². The number of anilines is 1. The molecule has 0 saturated carbocycles. The molecular formula is C16H12Cl2FNO4. The summed E-state index contributed by atoms with van der Waals surface area (Å²) in [5, 5.41) is 3.11. The molecule has 5 nitrogen and oxygen atoms in total. The second kappa shape index (κ2) is 7.99. The van der Waals surface area contributed by atoms with Crippen LogP contribution in [0.25, 0.3) is 0 Å². The van der Waals surface area contributed by atoms with E-state index in [2.05, 4.69) is 5.32 Å². The fraction of sp³-hybridized carbons (Fsp3) is 0.125. The van der Waals surface area contributed by atoms with Gasteiger partial charge in [0.25, 0.3) is 5.91 Å². The first kappa shape index (κ1) is 18.0. The van der Waals surface area contributed by atoms with Crippen LogP contribution >= 0.6 is 23.2 Å². The van der Waals surface area contributed by atoms with Crippen LogP contribution in [0.4, 0.5) is 10.1 Å². The molecule has 2 rings (SSSR count). The maximum Gasteiger partial charge on any atom is 0.341 e. The summed E-state index contributed by atoms with van der Waals surface area (Å²) in [5.74, 6) is -2.13. The average molecular weight is 372 g/mol. The Kier molecular flexibility index (Phi) is 6.00. The van der Waals surface area contributed by atoms with Crippen LogP contribution in [-0.4, -0.2) is 25.6 Å². The van der Waals surface area contributed by atoms with E-state index in [9.17, 15) is 14.0 Å². The number of halogens is 3. The number of hydrogen-bond donors (Lipinski definition) is 1. The molecule has 2 aromatic carbocycles. The number of ether oxygens (including phenoxy) is 2. The molecule has 1 N–H and O–H groups in total. The van der Waals surface area contributed by atoms with Gasteiger partial charge in [-0.05, 0) is 30.3 Å². The van der Waals surface area contributed by atoms with Crippen molar-refractivity contribution < 1.29 is 23.5 Å². The molecule has 0 aliphatic heterocycles. The largest absolute Gasteiger partial charge is 0.497 e. The van der Waals surface area contributed by atoms with Gasteiger partial charge in [0.05, 0.1) is 23.4 Å². The van der Waals surface area contributed by atoms with E-state index in [0.717, 1.165) is 6.07 Å². The van der Waals surface area contributed by atoms with E-state index in [1.807, 2.05) is 0 Å². The molecule has 0 saturated heterocycles. The third-order valence-electron chi connectivity index (χ3n) is 2.94. The molecule has 24 heavy (non-hydrogen) atoms. The fourth-order valence-corrected chi connectivity index (χ4v) is 2.23. The van der Waals surface area contributed by atoms with E-state index in [-0.39, 0.29) is 16.3 Å². The summed E-state index contributed by atoms with van der Waals surface area (Å²) in [4.78, 5) is 23.6. The molecule has 0 unspecified atom stereocenters. The van der Waals surface area contributed by atoms with Gasteiger partial charge >= 0.3 is 5.97 Å². The predicted molar refractivity (Wildman–Crippen MR) is 88.3 cm³/mol. The Morgan fingerprint density at radius 2 is 1.92 bits per heavy atom. The summed E-state index contributed by atoms with van der Waals surface area (Å²) in [6.07, 6.45) is 0. The van der Waals surface area contributed by atoms with Gasteiger partial charge < -0.3 is 14.8 Å². The summed E-state index contributed by atoms with van der Waals surface area (Å²) < 4.78 is 23.4. The van der Waals surface area contributed by atoms with Gasteiger partial charge in [-0.3, -0.25) is 4.79 Å². The molecule has 0 bridgehead atoms. The van der Waals surface area contributed by atoms with Gasteiger partial charge in [-0.25, -0.2) is 9.18 Å². The van der Waals surface area contributed by atoms with E-state index >= 15 is 0 Å². The molecule has 0 aliphatic carbocycles. The summed E-state index contributed by atoms with van der Waals surface area (Å²) in [6, 6.07) is 8.18. The second-order valence-electron chi connectivity index (χ2n) is 4.59. The highest BCUT2D eigenvalue weighted by molar-refractivity contribution is 6.36. The number of amides is 1. The van der Waals surface area contributed by atoms with Crippen molar-refractivity contribution in [3.63, 3.8) is 0 Å². The van der Waals surface area contributed by atoms with Gasteiger partial charge in [-0.15, -0.1) is 0 Å². The first-order chi connectivity index (χ1) is 11.4. The van der Waals surface area contributed by atoms with Crippen molar-refractivity contribution in [3.8, 4) is 5.75 Å². The number of rotatable bonds is 5. The van der Waals surface area contributed by atoms with Crippen molar-refractivity contribution >= 4 is 40.8 Å². The molecule has 0 radical (unpaired) electrons. The summed E-state index contributed by atoms with van der Waals surface area (Å²) in [5.41, 5.74) is 0.0193. The summed E-state index contributed by atoms with van der Waals surface area (Å²) in [7, 11) is 1.37. The quantitative estimate of drug-likeness (QED) is 0.808. The smallest absolute Gasteiger partial charge is 0.341 e. The van der Waals surface area contributed by atoms with Crippen molar-refractivity contribution in [3.05, 3.63) is 57.8 Å². The number of benzene rings is 2. The number of hydrogen-bond acceptors (Lipinski definition) is 4. The minimum Gasteiger partial charge on any atom is -0.497 e. The minimum absolute atomic E-state index is 0.239. The van der Waals surface area contributed by atoms with Gasteiger partial charge in [-0.2, -0.15) is 0 Å². The van der Waals surface area contributed by atoms with Crippen LogP contribution in [0.3, 0.4) is 0 Å². The normalized spacial score (nSPS) is 10.2. The average Bonchev–Trinajstić information content (AvgIpc) is 2.55. The molecule has 8 heteroatoms. The number of methoxy groups -OCH3 is 1. The van der Waals surface area contributed by atoms with Gasteiger partial charge in [0.15, 0.2) is 6.61 Å². The standard InChI is InChI=1S/C16H12Cl2FNO4/c1-23-10-3-4-11(13(19)7-10)16(22)24-8-15(21)20-14-5-2-9(17)6-12(14)18/h2-7H,8H2,1H3,(H,20,21). The molecule has 0 fully saturated rings. The molecular weight excluding hydrogens is 360 g/mol. The zero-order valence-corrected chi connectivity index (χ0v) is 13.9. The predicted octanol–water partition coefficient (Wildman–Crippen LogP) is 3.94. The number of esters is 1. The lowest BCUT2D eigenvalue weighted by Crippen LogP contribution is -2.21. The molecule has 0 aromatic heterocycles. The maximum atomic E-state index is 13.7. The van der Waals surface area contributed by atoms with Crippen molar-refractivity contribution in [2.45, 2.75) is 0 Å². The third kappa shape index (κ3) is 4.59. The van der Waals surface area contributed by atoms with E-state index in [0.29, 0.717) is 10.7 Å². The van der Waals surface area contributed by atoms with Crippen LogP contribution in [0.1, 0.15) is 10.4 Å². The van der Waals surface area contributed by atoms with Gasteiger partial charge in [-0.1, -0.05) is 23.2 Å². The SMILES string of the molecule is COc1ccc(C(=O)OCC(=O)Nc2ccc(Cl)cc2Cl)c(F)c1. The molecule has 0 aliphatic rings. The lowest BCUT2D eigenvalue weighted by Gasteiger charge is -2.09. The Balaban J connectivity index is 1.95. The van der Waals surface area contributed by atoms with Gasteiger partial charge in [0, 0.05) is 11.1 Å². The Bertz CT molecular complexity index is 783. The van der Waals surface area contributed by atoms with Crippen LogP contribution in [0.5, 0.6) is 5.75 Å². The highest BCUT2D eigenvalue weighted by atomic mass is 35.5. The Hall–Kier alpha value is -2.31. The summed E-state index contributed by atoms with van der Waals surface area (Å²) >= 11 is 11.7. The van der Waals surface area contributed by atoms with E-state index in [1.165, 1.54) is 31.4 Å². The molecule has 0 atom stereocenters. The van der Waals surface area contributed by atoms with Gasteiger partial charge in [0.1, 0.15) is 11.6 Å². The lowest BCUT2D eigenvalue weighted by molar-refractivity contribution is -0.119. The van der Waals surface area contributed by atoms with E-state index in [1.54, 1.807) is 6.07 Å². The van der Waals surface area contributed by atoms with Crippen molar-refractivity contribution in [1.29, 1.82) is 0 Å². The van der Waals surface area contributed by atoms with E-state index in [4.69, 9.17) is 32.7 Å².